The minimum atomic E-state index is -0.264. The molecule has 0 spiro atoms. The first kappa shape index (κ1) is 20.1. The van der Waals surface area contributed by atoms with Crippen molar-refractivity contribution in [1.29, 1.82) is 0 Å². The van der Waals surface area contributed by atoms with E-state index in [9.17, 15) is 0 Å². The van der Waals surface area contributed by atoms with Gasteiger partial charge in [0.25, 0.3) is 0 Å². The summed E-state index contributed by atoms with van der Waals surface area (Å²) in [6.45, 7) is 11.7. The summed E-state index contributed by atoms with van der Waals surface area (Å²) in [5.41, 5.74) is 1.20. The van der Waals surface area contributed by atoms with Crippen LogP contribution < -0.4 is 0 Å². The summed E-state index contributed by atoms with van der Waals surface area (Å²) in [5.74, 6) is 0. The highest BCUT2D eigenvalue weighted by Crippen LogP contribution is 2.10. The normalized spacial score (nSPS) is 14.4. The molecule has 23 heavy (non-hydrogen) atoms. The van der Waals surface area contributed by atoms with Gasteiger partial charge >= 0.3 is 0 Å². The summed E-state index contributed by atoms with van der Waals surface area (Å²) >= 11 is 0. The van der Waals surface area contributed by atoms with Gasteiger partial charge in [-0.3, -0.25) is 0 Å². The maximum Gasteiger partial charge on any atom is 0.161 e. The van der Waals surface area contributed by atoms with Gasteiger partial charge in [0.2, 0.25) is 0 Å². The second kappa shape index (κ2) is 11.6. The van der Waals surface area contributed by atoms with Gasteiger partial charge in [0.15, 0.2) is 6.29 Å². The predicted octanol–water partition coefficient (Wildman–Crippen LogP) is 3.83. The lowest BCUT2D eigenvalue weighted by Gasteiger charge is -2.25. The van der Waals surface area contributed by atoms with Gasteiger partial charge in [-0.15, -0.1) is 0 Å². The van der Waals surface area contributed by atoms with Gasteiger partial charge in [-0.1, -0.05) is 30.3 Å². The van der Waals surface area contributed by atoms with E-state index in [1.165, 1.54) is 5.56 Å². The summed E-state index contributed by atoms with van der Waals surface area (Å²) in [6.07, 6.45) is 0.698. The molecule has 4 heteroatoms. The van der Waals surface area contributed by atoms with Gasteiger partial charge in [0.1, 0.15) is 6.10 Å². The van der Waals surface area contributed by atoms with Crippen LogP contribution in [0.2, 0.25) is 0 Å². The highest BCUT2D eigenvalue weighted by atomic mass is 16.7. The SMILES string of the molecule is CCOC(Cc1ccccc1)OCC(COC(C)C)OC(C)C. The monoisotopic (exact) mass is 324 g/mol. The molecule has 0 N–H and O–H groups in total. The highest BCUT2D eigenvalue weighted by Gasteiger charge is 2.17. The minimum absolute atomic E-state index is 0.0869. The summed E-state index contributed by atoms with van der Waals surface area (Å²) in [4.78, 5) is 0. The third-order valence-electron chi connectivity index (χ3n) is 3.15. The van der Waals surface area contributed by atoms with Gasteiger partial charge in [-0.25, -0.2) is 0 Å². The first-order valence-electron chi connectivity index (χ1n) is 8.55. The van der Waals surface area contributed by atoms with E-state index in [0.717, 1.165) is 6.42 Å². The van der Waals surface area contributed by atoms with E-state index in [-0.39, 0.29) is 24.6 Å². The molecule has 2 atom stereocenters. The maximum atomic E-state index is 5.95. The fourth-order valence-electron chi connectivity index (χ4n) is 2.18. The van der Waals surface area contributed by atoms with Gasteiger partial charge in [0, 0.05) is 13.0 Å². The Morgan fingerprint density at radius 2 is 1.48 bits per heavy atom. The van der Waals surface area contributed by atoms with Crippen LogP contribution in [-0.4, -0.2) is 44.4 Å². The Kier molecular flexibility index (Phi) is 10.1. The average Bonchev–Trinajstić information content (AvgIpc) is 2.50. The Balaban J connectivity index is 2.51. The van der Waals surface area contributed by atoms with Crippen molar-refractivity contribution in [3.05, 3.63) is 35.9 Å². The van der Waals surface area contributed by atoms with Crippen LogP contribution in [0.5, 0.6) is 0 Å². The van der Waals surface area contributed by atoms with Crippen LogP contribution in [-0.2, 0) is 25.4 Å². The van der Waals surface area contributed by atoms with Crippen molar-refractivity contribution in [2.45, 2.75) is 65.6 Å². The van der Waals surface area contributed by atoms with Crippen LogP contribution in [0.4, 0.5) is 0 Å². The van der Waals surface area contributed by atoms with Crippen molar-refractivity contribution >= 4 is 0 Å². The molecule has 0 saturated carbocycles. The van der Waals surface area contributed by atoms with Gasteiger partial charge in [0.05, 0.1) is 25.4 Å². The molecule has 1 rings (SSSR count). The second-order valence-corrected chi connectivity index (χ2v) is 6.10. The zero-order valence-corrected chi connectivity index (χ0v) is 15.2. The molecule has 0 heterocycles. The first-order valence-corrected chi connectivity index (χ1v) is 8.55. The van der Waals surface area contributed by atoms with Crippen molar-refractivity contribution in [3.63, 3.8) is 0 Å². The van der Waals surface area contributed by atoms with Crippen molar-refractivity contribution in [2.75, 3.05) is 19.8 Å². The molecule has 132 valence electrons. The van der Waals surface area contributed by atoms with Gasteiger partial charge in [-0.2, -0.15) is 0 Å². The fourth-order valence-corrected chi connectivity index (χ4v) is 2.18. The Morgan fingerprint density at radius 1 is 0.826 bits per heavy atom. The predicted molar refractivity (Wildman–Crippen MR) is 92.6 cm³/mol. The standard InChI is InChI=1S/C19H32O4/c1-6-20-19(12-17-10-8-7-9-11-17)22-14-18(23-16(4)5)13-21-15(2)3/h7-11,15-16,18-19H,6,12-14H2,1-5H3. The van der Waals surface area contributed by atoms with Gasteiger partial charge < -0.3 is 18.9 Å². The smallest absolute Gasteiger partial charge is 0.161 e. The van der Waals surface area contributed by atoms with Gasteiger partial charge in [-0.05, 0) is 40.2 Å². The number of hydrogen-bond donors (Lipinski definition) is 0. The topological polar surface area (TPSA) is 36.9 Å². The lowest BCUT2D eigenvalue weighted by molar-refractivity contribution is -0.173. The van der Waals surface area contributed by atoms with Crippen molar-refractivity contribution in [2.24, 2.45) is 0 Å². The van der Waals surface area contributed by atoms with E-state index < -0.39 is 0 Å². The Hall–Kier alpha value is -0.940. The average molecular weight is 324 g/mol. The van der Waals surface area contributed by atoms with Crippen molar-refractivity contribution in [3.8, 4) is 0 Å². The zero-order chi connectivity index (χ0) is 17.1. The minimum Gasteiger partial charge on any atom is -0.376 e. The van der Waals surface area contributed by atoms with E-state index >= 15 is 0 Å². The molecule has 1 aromatic carbocycles. The molecule has 0 aliphatic rings. The van der Waals surface area contributed by atoms with E-state index in [0.29, 0.717) is 19.8 Å². The Morgan fingerprint density at radius 3 is 2.04 bits per heavy atom. The van der Waals surface area contributed by atoms with E-state index in [1.54, 1.807) is 0 Å². The summed E-state index contributed by atoms with van der Waals surface area (Å²) in [5, 5.41) is 0. The van der Waals surface area contributed by atoms with Crippen molar-refractivity contribution < 1.29 is 18.9 Å². The largest absolute Gasteiger partial charge is 0.376 e. The van der Waals surface area contributed by atoms with Crippen LogP contribution in [0.15, 0.2) is 30.3 Å². The number of benzene rings is 1. The molecule has 0 aliphatic carbocycles. The van der Waals surface area contributed by atoms with E-state index in [2.05, 4.69) is 12.1 Å². The number of rotatable bonds is 12. The maximum absolute atomic E-state index is 5.95. The third kappa shape index (κ3) is 9.72. The first-order chi connectivity index (χ1) is 11.0. The molecule has 0 bridgehead atoms. The molecule has 4 nitrogen and oxygen atoms in total. The molecule has 0 saturated heterocycles. The van der Waals surface area contributed by atoms with Crippen LogP contribution in [0, 0.1) is 0 Å². The summed E-state index contributed by atoms with van der Waals surface area (Å²) in [7, 11) is 0. The van der Waals surface area contributed by atoms with Crippen LogP contribution >= 0.6 is 0 Å². The molecular formula is C19H32O4. The molecule has 1 aromatic rings. The zero-order valence-electron chi connectivity index (χ0n) is 15.2. The van der Waals surface area contributed by atoms with E-state index in [1.807, 2.05) is 52.8 Å². The molecule has 0 aliphatic heterocycles. The quantitative estimate of drug-likeness (QED) is 0.548. The Bertz CT molecular complexity index is 392. The molecular weight excluding hydrogens is 292 g/mol. The summed E-state index contributed by atoms with van der Waals surface area (Å²) in [6, 6.07) is 10.2. The summed E-state index contributed by atoms with van der Waals surface area (Å²) < 4.78 is 23.2. The molecule has 0 amide bonds. The highest BCUT2D eigenvalue weighted by molar-refractivity contribution is 5.15. The molecule has 0 fully saturated rings. The number of hydrogen-bond acceptors (Lipinski definition) is 4. The van der Waals surface area contributed by atoms with Crippen LogP contribution in [0.3, 0.4) is 0 Å². The van der Waals surface area contributed by atoms with Crippen LogP contribution in [0.1, 0.15) is 40.2 Å². The van der Waals surface area contributed by atoms with E-state index in [4.69, 9.17) is 18.9 Å². The lowest BCUT2D eigenvalue weighted by Crippen LogP contribution is -2.33. The molecule has 2 unspecified atom stereocenters. The fraction of sp³-hybridized carbons (Fsp3) is 0.684. The van der Waals surface area contributed by atoms with Crippen molar-refractivity contribution in [1.82, 2.24) is 0 Å². The second-order valence-electron chi connectivity index (χ2n) is 6.10. The third-order valence-corrected chi connectivity index (χ3v) is 3.15. The Labute approximate surface area is 141 Å². The molecule has 0 aromatic heterocycles. The number of ether oxygens (including phenoxy) is 4. The van der Waals surface area contributed by atoms with Crippen LogP contribution in [0.25, 0.3) is 0 Å². The molecule has 0 radical (unpaired) electrons. The lowest BCUT2D eigenvalue weighted by atomic mass is 10.1.